The van der Waals surface area contributed by atoms with Crippen LogP contribution in [0.1, 0.15) is 218 Å². The predicted octanol–water partition coefficient (Wildman–Crippen LogP) is 18.2. The molecule has 8 aromatic rings. The van der Waals surface area contributed by atoms with Gasteiger partial charge in [0.25, 0.3) is 0 Å². The molecule has 3 aliphatic heterocycles. The van der Waals surface area contributed by atoms with E-state index in [-0.39, 0.29) is 98.8 Å². The molecular weight excluding hydrogens is 1500 g/mol. The van der Waals surface area contributed by atoms with E-state index < -0.39 is 29.0 Å². The maximum Gasteiger partial charge on any atom is 0.186 e. The van der Waals surface area contributed by atoms with Crippen molar-refractivity contribution in [3.05, 3.63) is 253 Å². The number of aryl methyl sites for hydroxylation is 3. The highest BCUT2D eigenvalue weighted by atomic mass is 16.7. The molecule has 15 rings (SSSR count). The van der Waals surface area contributed by atoms with E-state index in [0.717, 1.165) is 102 Å². The summed E-state index contributed by atoms with van der Waals surface area (Å²) in [6, 6.07) is 22.0. The van der Waals surface area contributed by atoms with E-state index in [9.17, 15) is 59.4 Å². The molecule has 20 nitrogen and oxygen atoms in total. The van der Waals surface area contributed by atoms with Gasteiger partial charge in [0, 0.05) is 129 Å². The Bertz CT molecular complexity index is 6030. The largest absolute Gasteiger partial charge is 0.508 e. The first kappa shape index (κ1) is 86.7. The van der Waals surface area contributed by atoms with Crippen LogP contribution in [0, 0.1) is 74.1 Å². The second-order valence-corrected chi connectivity index (χ2v) is 35.0. The zero-order chi connectivity index (χ0) is 87.1. The third-order valence-corrected chi connectivity index (χ3v) is 25.1. The van der Waals surface area contributed by atoms with Crippen molar-refractivity contribution in [3.63, 3.8) is 0 Å². The lowest BCUT2D eigenvalue weighted by molar-refractivity contribution is -0.117. The summed E-state index contributed by atoms with van der Waals surface area (Å²) in [5.74, 6) is -4.54. The number of ketones is 6. The maximum absolute atomic E-state index is 14.1. The van der Waals surface area contributed by atoms with Crippen molar-refractivity contribution in [2.45, 2.75) is 200 Å². The van der Waals surface area contributed by atoms with E-state index in [1.54, 1.807) is 65.8 Å². The molecule has 9 N–H and O–H groups in total. The Morgan fingerprint density at radius 3 is 1.08 bits per heavy atom. The van der Waals surface area contributed by atoms with Gasteiger partial charge in [0.1, 0.15) is 34.2 Å². The number of phenols is 4. The fourth-order valence-corrected chi connectivity index (χ4v) is 18.3. The highest BCUT2D eigenvalue weighted by Crippen LogP contribution is 2.53. The first-order valence-corrected chi connectivity index (χ1v) is 41.3. The molecule has 5 aromatic carbocycles. The number of phenolic OH excluding ortho intramolecular Hbond substituents is 4. The summed E-state index contributed by atoms with van der Waals surface area (Å²) in [6.07, 6.45) is 11.3. The second kappa shape index (κ2) is 33.3. The van der Waals surface area contributed by atoms with E-state index in [4.69, 9.17) is 24.9 Å². The van der Waals surface area contributed by atoms with Gasteiger partial charge in [0.15, 0.2) is 34.7 Å². The molecule has 0 radical (unpaired) electrons. The van der Waals surface area contributed by atoms with Crippen LogP contribution in [0.5, 0.6) is 23.0 Å². The molecule has 20 heteroatoms. The van der Waals surface area contributed by atoms with Gasteiger partial charge in [0.05, 0.1) is 52.0 Å². The Hall–Kier alpha value is -11.6. The van der Waals surface area contributed by atoms with Gasteiger partial charge in [0.2, 0.25) is 0 Å². The second-order valence-electron chi connectivity index (χ2n) is 35.0. The zero-order valence-electron chi connectivity index (χ0n) is 72.0. The average molecular weight is 1610 g/mol. The van der Waals surface area contributed by atoms with E-state index in [1.165, 1.54) is 24.3 Å². The number of allylic oxidation sites excluding steroid dienone is 11. The first-order chi connectivity index (χ1) is 56.1. The summed E-state index contributed by atoms with van der Waals surface area (Å²) < 4.78 is 0. The number of aliphatic imine (C=N–C) groups is 3. The van der Waals surface area contributed by atoms with Gasteiger partial charge in [-0.25, -0.2) is 0 Å². The first-order valence-electron chi connectivity index (χ1n) is 41.3. The van der Waals surface area contributed by atoms with Crippen LogP contribution < -0.4 is 0 Å². The Labute approximate surface area is 694 Å². The number of fused-ring (bicyclic) bond motifs is 9. The molecule has 620 valence electrons. The molecule has 0 bridgehead atoms. The van der Waals surface area contributed by atoms with E-state index in [0.29, 0.717) is 120 Å². The molecule has 5 atom stereocenters. The van der Waals surface area contributed by atoms with Gasteiger partial charge < -0.3 is 45.6 Å². The molecule has 0 fully saturated rings. The lowest BCUT2D eigenvalue weighted by Crippen LogP contribution is -2.49. The number of nitrogens with zero attached hydrogens (tertiary/aromatic N) is 3. The number of aliphatic hydroxyl groups is 2. The smallest absolute Gasteiger partial charge is 0.186 e. The summed E-state index contributed by atoms with van der Waals surface area (Å²) in [4.78, 5) is 120. The summed E-state index contributed by atoms with van der Waals surface area (Å²) in [5, 5.41) is 74.1. The van der Waals surface area contributed by atoms with Gasteiger partial charge >= 0.3 is 0 Å². The van der Waals surface area contributed by atoms with Crippen molar-refractivity contribution in [1.29, 1.82) is 0 Å². The van der Waals surface area contributed by atoms with Gasteiger partial charge in [-0.1, -0.05) is 119 Å². The lowest BCUT2D eigenvalue weighted by atomic mass is 9.65. The fraction of sp³-hybridized carbons (Fsp3) is 0.384. The van der Waals surface area contributed by atoms with E-state index in [1.807, 2.05) is 104 Å². The van der Waals surface area contributed by atoms with Gasteiger partial charge in [-0.2, -0.15) is 0 Å². The number of hydrogen-bond donors (Lipinski definition) is 9. The number of aromatic nitrogens is 3. The Kier molecular flexibility index (Phi) is 24.3. The van der Waals surface area contributed by atoms with Crippen molar-refractivity contribution in [2.75, 3.05) is 19.6 Å². The third kappa shape index (κ3) is 15.3. The van der Waals surface area contributed by atoms with Gasteiger partial charge in [-0.05, 0) is 240 Å². The van der Waals surface area contributed by atoms with Crippen LogP contribution in [0.25, 0.3) is 32.7 Å². The van der Waals surface area contributed by atoms with Crippen molar-refractivity contribution in [2.24, 2.45) is 44.6 Å². The van der Waals surface area contributed by atoms with Crippen molar-refractivity contribution in [1.82, 2.24) is 15.0 Å². The number of carbonyl (C=O) groups excluding carboxylic acids is 6. The number of benzene rings is 5. The number of hydrogen-bond acceptors (Lipinski definition) is 17. The molecule has 3 aromatic heterocycles. The quantitative estimate of drug-likeness (QED) is 0.0340. The molecular formula is C99H110N6O14. The van der Waals surface area contributed by atoms with E-state index in [2.05, 4.69) is 69.5 Å². The Morgan fingerprint density at radius 2 is 0.706 bits per heavy atom. The molecule has 7 aliphatic rings. The van der Waals surface area contributed by atoms with Crippen LogP contribution >= 0.6 is 0 Å². The fourth-order valence-electron chi connectivity index (χ4n) is 18.3. The Morgan fingerprint density at radius 1 is 0.378 bits per heavy atom. The number of rotatable bonds is 15. The molecule has 5 unspecified atom stereocenters. The molecule has 4 aliphatic carbocycles. The molecule has 0 spiro atoms. The predicted molar refractivity (Wildman–Crippen MR) is 472 cm³/mol. The van der Waals surface area contributed by atoms with Crippen LogP contribution in [0.4, 0.5) is 0 Å². The van der Waals surface area contributed by atoms with Crippen LogP contribution in [0.2, 0.25) is 0 Å². The summed E-state index contributed by atoms with van der Waals surface area (Å²) in [6.45, 7) is 40.9. The number of Topliss-reactive ketones (excluding diaryl/α,β-unsaturated/α-hetero) is 2. The highest BCUT2D eigenvalue weighted by molar-refractivity contribution is 6.28. The van der Waals surface area contributed by atoms with Crippen molar-refractivity contribution in [3.8, 4) is 23.0 Å². The molecule has 6 heterocycles. The lowest BCUT2D eigenvalue weighted by Gasteiger charge is -2.41. The average Bonchev–Trinajstić information content (AvgIpc) is 1.69. The number of nitrogens with one attached hydrogen (secondary N) is 3. The van der Waals surface area contributed by atoms with Crippen molar-refractivity contribution < 1.29 is 59.4 Å². The molecule has 0 amide bonds. The molecule has 0 saturated heterocycles. The normalized spacial score (nSPS) is 19.6. The van der Waals surface area contributed by atoms with Crippen LogP contribution in [-0.2, 0) is 48.0 Å². The summed E-state index contributed by atoms with van der Waals surface area (Å²) in [7, 11) is 0. The minimum atomic E-state index is -1.74. The van der Waals surface area contributed by atoms with E-state index >= 15 is 0 Å². The van der Waals surface area contributed by atoms with Crippen LogP contribution in [0.3, 0.4) is 0 Å². The van der Waals surface area contributed by atoms with Crippen LogP contribution in [-0.4, -0.2) is 128 Å². The SMILES string of the molecule is CC1=C(C(C2=NCCc3c2[nH]c2cc(C)ccc32)c2c(C)c(O)cc(C(C)C)c2O)C(=O)C(C(C)C)=CC1=O.CC1=CC(=O)C(C(C)C)=CC1(O)C(C1=NCCc2c1[nH]c1cc(C)ccc21)C1=C(C)C(=O)C=C(C(C)C)C1=O.CC1=CC(=O)C(C(C)C)=CC1(O)C(C1=NCCc2c1[nH]c1cc(C)ccc21)c1c(C)c(O)cc(C(C)C)c1O.O=O. The highest BCUT2D eigenvalue weighted by Gasteiger charge is 2.52. The van der Waals surface area contributed by atoms with Gasteiger partial charge in [-0.15, -0.1) is 0 Å². The molecule has 0 saturated carbocycles. The Balaban J connectivity index is 0.000000162. The monoisotopic (exact) mass is 1610 g/mol. The minimum Gasteiger partial charge on any atom is -0.508 e. The summed E-state index contributed by atoms with van der Waals surface area (Å²) in [5.41, 5.74) is 17.2. The minimum absolute atomic E-state index is 0.0216. The van der Waals surface area contributed by atoms with Gasteiger partial charge in [-0.3, -0.25) is 43.7 Å². The van der Waals surface area contributed by atoms with Crippen LogP contribution in [0.15, 0.2) is 174 Å². The number of aromatic amines is 3. The summed E-state index contributed by atoms with van der Waals surface area (Å²) >= 11 is 0. The zero-order valence-corrected chi connectivity index (χ0v) is 72.0. The standard InChI is InChI=1S/C33H38N2O4.2C33H36N2O4.O2/c2*1-16(2)23-14-26(36)20(7)28(32(23)38)29(33(39)15-24(17(3)4)27(37)13-19(33)6)31-30-22(10-11-34-31)21-9-8-18(5)12-25(21)35-30;1-15(2)22-13-25(36)18(6)27(32(22)38)29(28-19(7)26(37)14-23(16(3)4)33(28)39)31-30-21(10-11-34-31)20-9-8-17(5)12-24(20)35-30;1-2/h8-9,12-17,29,35-36,38-39H,10-11H2,1-7H3;8-9,12-17,29,35,39H,10-11H2,1-7H3;8-9,12-16,29,35-36,38H,10-11H2,1-7H3;. The van der Waals surface area contributed by atoms with Crippen molar-refractivity contribution >= 4 is 84.5 Å². The molecule has 119 heavy (non-hydrogen) atoms. The number of carbonyl (C=O) groups is 6. The number of aromatic hydroxyl groups is 4. The third-order valence-electron chi connectivity index (χ3n) is 25.1. The maximum atomic E-state index is 14.1. The number of H-pyrrole nitrogens is 3. The topological polar surface area (TPSA) is 342 Å².